The summed E-state index contributed by atoms with van der Waals surface area (Å²) >= 11 is 11.9. The van der Waals surface area contributed by atoms with E-state index in [4.69, 9.17) is 28.9 Å². The van der Waals surface area contributed by atoms with Gasteiger partial charge in [0.25, 0.3) is 11.5 Å². The van der Waals surface area contributed by atoms with Crippen molar-refractivity contribution in [3.63, 3.8) is 0 Å². The molecule has 1 amide bonds. The maximum Gasteiger partial charge on any atom is 0.284 e. The van der Waals surface area contributed by atoms with Gasteiger partial charge in [0, 0.05) is 15.6 Å². The van der Waals surface area contributed by atoms with Crippen molar-refractivity contribution in [2.24, 2.45) is 5.73 Å². The fraction of sp³-hybridized carbons (Fsp3) is 0. The first-order valence-corrected chi connectivity index (χ1v) is 7.67. The fourth-order valence-electron chi connectivity index (χ4n) is 2.22. The molecular weight excluding hydrogens is 349 g/mol. The zero-order valence-electron chi connectivity index (χ0n) is 12.2. The fourth-order valence-corrected chi connectivity index (χ4v) is 2.53. The predicted molar refractivity (Wildman–Crippen MR) is 93.8 cm³/mol. The summed E-state index contributed by atoms with van der Waals surface area (Å²) in [6.45, 7) is 0. The molecular formula is C17H11Cl2N3O2. The summed E-state index contributed by atoms with van der Waals surface area (Å²) in [5, 5.41) is 5.33. The first kappa shape index (κ1) is 16.2. The van der Waals surface area contributed by atoms with Crippen LogP contribution in [-0.4, -0.2) is 15.7 Å². The summed E-state index contributed by atoms with van der Waals surface area (Å²) in [6, 6.07) is 14.8. The number of carbonyl (C=O) groups excluding carboxylic acids is 1. The molecule has 5 nitrogen and oxygen atoms in total. The van der Waals surface area contributed by atoms with Gasteiger partial charge in [0.2, 0.25) is 0 Å². The first-order chi connectivity index (χ1) is 11.5. The smallest absolute Gasteiger partial charge is 0.284 e. The zero-order chi connectivity index (χ0) is 17.3. The number of rotatable bonds is 3. The van der Waals surface area contributed by atoms with E-state index in [1.165, 1.54) is 6.07 Å². The minimum Gasteiger partial charge on any atom is -0.365 e. The second-order valence-electron chi connectivity index (χ2n) is 5.01. The van der Waals surface area contributed by atoms with Crippen molar-refractivity contribution in [2.75, 3.05) is 0 Å². The number of hydrogen-bond donors (Lipinski definition) is 1. The van der Waals surface area contributed by atoms with E-state index in [1.54, 1.807) is 48.5 Å². The monoisotopic (exact) mass is 359 g/mol. The largest absolute Gasteiger partial charge is 0.365 e. The van der Waals surface area contributed by atoms with Crippen LogP contribution in [0.25, 0.3) is 16.9 Å². The maximum absolute atomic E-state index is 12.5. The van der Waals surface area contributed by atoms with E-state index in [1.807, 2.05) is 0 Å². The molecule has 0 atom stereocenters. The Hall–Kier alpha value is -2.63. The molecule has 120 valence electrons. The molecule has 0 fully saturated rings. The summed E-state index contributed by atoms with van der Waals surface area (Å²) < 4.78 is 1.11. The third-order valence-electron chi connectivity index (χ3n) is 3.37. The van der Waals surface area contributed by atoms with E-state index in [9.17, 15) is 9.59 Å². The van der Waals surface area contributed by atoms with E-state index < -0.39 is 11.5 Å². The molecule has 2 N–H and O–H groups in total. The van der Waals surface area contributed by atoms with Crippen LogP contribution in [0.5, 0.6) is 0 Å². The number of aromatic nitrogens is 2. The number of nitrogens with zero attached hydrogens (tertiary/aromatic N) is 2. The lowest BCUT2D eigenvalue weighted by molar-refractivity contribution is 0.0998. The lowest BCUT2D eigenvalue weighted by atomic mass is 10.1. The van der Waals surface area contributed by atoms with Crippen molar-refractivity contribution in [3.8, 4) is 16.9 Å². The van der Waals surface area contributed by atoms with Gasteiger partial charge in [0.1, 0.15) is 5.56 Å². The highest BCUT2D eigenvalue weighted by Gasteiger charge is 2.15. The molecule has 0 aliphatic heterocycles. The van der Waals surface area contributed by atoms with Gasteiger partial charge in [-0.3, -0.25) is 9.59 Å². The normalized spacial score (nSPS) is 10.6. The number of benzene rings is 2. The van der Waals surface area contributed by atoms with Crippen molar-refractivity contribution < 1.29 is 4.79 Å². The van der Waals surface area contributed by atoms with Gasteiger partial charge in [-0.25, -0.2) is 0 Å². The van der Waals surface area contributed by atoms with Crippen LogP contribution in [0.4, 0.5) is 0 Å². The minimum atomic E-state index is -0.826. The van der Waals surface area contributed by atoms with E-state index in [-0.39, 0.29) is 5.56 Å². The van der Waals surface area contributed by atoms with Gasteiger partial charge in [-0.1, -0.05) is 41.4 Å². The van der Waals surface area contributed by atoms with E-state index >= 15 is 0 Å². The van der Waals surface area contributed by atoms with Crippen LogP contribution in [0.15, 0.2) is 59.4 Å². The summed E-state index contributed by atoms with van der Waals surface area (Å²) in [6.07, 6.45) is 0. The third-order valence-corrected chi connectivity index (χ3v) is 3.86. The van der Waals surface area contributed by atoms with E-state index in [2.05, 4.69) is 5.10 Å². The molecule has 7 heteroatoms. The third kappa shape index (κ3) is 3.18. The van der Waals surface area contributed by atoms with Gasteiger partial charge in [-0.05, 0) is 36.4 Å². The Morgan fingerprint density at radius 1 is 1.00 bits per heavy atom. The molecule has 2 aromatic carbocycles. The maximum atomic E-state index is 12.5. The van der Waals surface area contributed by atoms with E-state index in [0.717, 1.165) is 4.68 Å². The highest BCUT2D eigenvalue weighted by Crippen LogP contribution is 2.21. The van der Waals surface area contributed by atoms with Crippen LogP contribution >= 0.6 is 23.2 Å². The predicted octanol–water partition coefficient (Wildman–Crippen LogP) is 3.31. The van der Waals surface area contributed by atoms with Crippen LogP contribution in [0.3, 0.4) is 0 Å². The molecule has 0 aliphatic rings. The Labute approximate surface area is 147 Å². The van der Waals surface area contributed by atoms with Gasteiger partial charge in [-0.15, -0.1) is 0 Å². The second-order valence-corrected chi connectivity index (χ2v) is 5.88. The number of carbonyl (C=O) groups is 1. The van der Waals surface area contributed by atoms with Gasteiger partial charge >= 0.3 is 0 Å². The highest BCUT2D eigenvalue weighted by atomic mass is 35.5. The van der Waals surface area contributed by atoms with Crippen LogP contribution in [0.1, 0.15) is 10.4 Å². The molecule has 0 saturated heterocycles. The Morgan fingerprint density at radius 3 is 2.33 bits per heavy atom. The summed E-state index contributed by atoms with van der Waals surface area (Å²) in [4.78, 5) is 24.1. The molecule has 1 aromatic heterocycles. The number of hydrogen-bond acceptors (Lipinski definition) is 3. The lowest BCUT2D eigenvalue weighted by Crippen LogP contribution is -2.30. The van der Waals surface area contributed by atoms with Crippen molar-refractivity contribution in [1.82, 2.24) is 9.78 Å². The summed E-state index contributed by atoms with van der Waals surface area (Å²) in [7, 11) is 0. The lowest BCUT2D eigenvalue weighted by Gasteiger charge is -2.10. The molecule has 0 spiro atoms. The van der Waals surface area contributed by atoms with Crippen molar-refractivity contribution in [1.29, 1.82) is 0 Å². The molecule has 0 radical (unpaired) electrons. The van der Waals surface area contributed by atoms with Gasteiger partial charge < -0.3 is 5.73 Å². The van der Waals surface area contributed by atoms with Crippen molar-refractivity contribution in [2.45, 2.75) is 0 Å². The summed E-state index contributed by atoms with van der Waals surface area (Å²) in [5.74, 6) is -0.826. The number of amides is 1. The Kier molecular flexibility index (Phi) is 4.38. The SMILES string of the molecule is NC(=O)c1cc(-c2ccc(Cl)cc2)nn(-c2cccc(Cl)c2)c1=O. The van der Waals surface area contributed by atoms with Crippen molar-refractivity contribution >= 4 is 29.1 Å². The molecule has 24 heavy (non-hydrogen) atoms. The van der Waals surface area contributed by atoms with Crippen molar-refractivity contribution in [3.05, 3.63) is 80.6 Å². The average Bonchev–Trinajstić information content (AvgIpc) is 2.55. The molecule has 0 bridgehead atoms. The van der Waals surface area contributed by atoms with Crippen LogP contribution < -0.4 is 11.3 Å². The standard InChI is InChI=1S/C17H11Cl2N3O2/c18-11-6-4-10(5-7-11)15-9-14(16(20)23)17(24)22(21-15)13-3-1-2-12(19)8-13/h1-9H,(H2,20,23). The number of primary amides is 1. The zero-order valence-corrected chi connectivity index (χ0v) is 13.8. The van der Waals surface area contributed by atoms with E-state index in [0.29, 0.717) is 27.0 Å². The van der Waals surface area contributed by atoms with Crippen LogP contribution in [-0.2, 0) is 0 Å². The number of halogens is 2. The summed E-state index contributed by atoms with van der Waals surface area (Å²) in [5.41, 5.74) is 6.11. The molecule has 3 rings (SSSR count). The van der Waals surface area contributed by atoms with Gasteiger partial charge in [-0.2, -0.15) is 9.78 Å². The minimum absolute atomic E-state index is 0.157. The quantitative estimate of drug-likeness (QED) is 0.778. The molecule has 0 unspecified atom stereocenters. The highest BCUT2D eigenvalue weighted by molar-refractivity contribution is 6.31. The second kappa shape index (κ2) is 6.47. The van der Waals surface area contributed by atoms with Gasteiger partial charge in [0.15, 0.2) is 0 Å². The molecule has 0 aliphatic carbocycles. The molecule has 1 heterocycles. The van der Waals surface area contributed by atoms with Crippen LogP contribution in [0.2, 0.25) is 10.0 Å². The topological polar surface area (TPSA) is 78.0 Å². The molecule has 3 aromatic rings. The number of nitrogens with two attached hydrogens (primary N) is 1. The first-order valence-electron chi connectivity index (χ1n) is 6.92. The van der Waals surface area contributed by atoms with Crippen LogP contribution in [0, 0.1) is 0 Å². The Bertz CT molecular complexity index is 982. The average molecular weight is 360 g/mol. The Balaban J connectivity index is 2.27. The van der Waals surface area contributed by atoms with Gasteiger partial charge in [0.05, 0.1) is 11.4 Å². The Morgan fingerprint density at radius 2 is 1.71 bits per heavy atom. The molecule has 0 saturated carbocycles.